The molecule has 30 heavy (non-hydrogen) atoms. The molecule has 1 aromatic carbocycles. The molecule has 146 valence electrons. The Morgan fingerprint density at radius 3 is 2.70 bits per heavy atom. The predicted octanol–water partition coefficient (Wildman–Crippen LogP) is 5.15. The molecule has 6 heteroatoms. The van der Waals surface area contributed by atoms with Crippen molar-refractivity contribution in [2.24, 2.45) is 0 Å². The van der Waals surface area contributed by atoms with Crippen LogP contribution in [0.15, 0.2) is 78.1 Å². The van der Waals surface area contributed by atoms with Crippen molar-refractivity contribution in [2.75, 3.05) is 0 Å². The van der Waals surface area contributed by atoms with Crippen LogP contribution in [-0.2, 0) is 6.54 Å². The van der Waals surface area contributed by atoms with Crippen LogP contribution in [0.4, 0.5) is 0 Å². The number of nitrogens with zero attached hydrogens (tertiary/aromatic N) is 4. The minimum Gasteiger partial charge on any atom is -0.287 e. The third kappa shape index (κ3) is 4.12. The van der Waals surface area contributed by atoms with E-state index in [1.165, 1.54) is 11.3 Å². The molecule has 0 aliphatic heterocycles. The lowest BCUT2D eigenvalue weighted by Crippen LogP contribution is -2.01. The highest BCUT2D eigenvalue weighted by molar-refractivity contribution is 7.12. The maximum atomic E-state index is 12.9. The molecule has 0 aliphatic rings. The number of thiophene rings is 1. The van der Waals surface area contributed by atoms with Gasteiger partial charge in [-0.15, -0.1) is 11.3 Å². The van der Waals surface area contributed by atoms with Crippen molar-refractivity contribution in [1.82, 2.24) is 14.8 Å². The first-order valence-corrected chi connectivity index (χ1v) is 10.3. The summed E-state index contributed by atoms with van der Waals surface area (Å²) < 4.78 is 1.82. The molecule has 3 heterocycles. The van der Waals surface area contributed by atoms with Gasteiger partial charge in [0.05, 0.1) is 11.4 Å². The number of carbonyl (C=O) groups is 1. The molecule has 5 nitrogen and oxygen atoms in total. The first kappa shape index (κ1) is 19.5. The average molecular weight is 411 g/mol. The molecule has 3 aromatic heterocycles. The third-order valence-electron chi connectivity index (χ3n) is 4.65. The number of Topliss-reactive ketones (excluding diaryl/α,β-unsaturated/α-hetero) is 1. The predicted molar refractivity (Wildman–Crippen MR) is 118 cm³/mol. The van der Waals surface area contributed by atoms with Crippen molar-refractivity contribution in [2.45, 2.75) is 13.5 Å². The molecule has 0 amide bonds. The quantitative estimate of drug-likeness (QED) is 0.250. The monoisotopic (exact) mass is 410 g/mol. The fraction of sp³-hybridized carbons (Fsp3) is 0.0833. The highest BCUT2D eigenvalue weighted by Gasteiger charge is 2.18. The second-order valence-electron chi connectivity index (χ2n) is 6.79. The van der Waals surface area contributed by atoms with Crippen molar-refractivity contribution < 1.29 is 4.79 Å². The van der Waals surface area contributed by atoms with Crippen LogP contribution in [0, 0.1) is 18.3 Å². The Morgan fingerprint density at radius 1 is 1.20 bits per heavy atom. The van der Waals surface area contributed by atoms with E-state index >= 15 is 0 Å². The number of pyridine rings is 1. The molecule has 0 fully saturated rings. The average Bonchev–Trinajstić information content (AvgIpc) is 3.38. The number of ketones is 1. The minimum absolute atomic E-state index is 0.0879. The highest BCUT2D eigenvalue weighted by Crippen LogP contribution is 2.26. The second-order valence-corrected chi connectivity index (χ2v) is 7.71. The van der Waals surface area contributed by atoms with Crippen molar-refractivity contribution >= 4 is 23.2 Å². The zero-order valence-corrected chi connectivity index (χ0v) is 17.1. The van der Waals surface area contributed by atoms with Gasteiger partial charge in [-0.3, -0.25) is 14.5 Å². The lowest BCUT2D eigenvalue weighted by atomic mass is 10.0. The van der Waals surface area contributed by atoms with E-state index in [1.807, 2.05) is 71.7 Å². The van der Waals surface area contributed by atoms with Crippen LogP contribution in [0.3, 0.4) is 0 Å². The largest absolute Gasteiger partial charge is 0.287 e. The molecule has 0 N–H and O–H groups in total. The molecular formula is C24H18N4OS. The highest BCUT2D eigenvalue weighted by atomic mass is 32.1. The molecule has 0 aliphatic carbocycles. The van der Waals surface area contributed by atoms with E-state index in [4.69, 9.17) is 5.10 Å². The summed E-state index contributed by atoms with van der Waals surface area (Å²) >= 11 is 1.35. The van der Waals surface area contributed by atoms with E-state index in [0.29, 0.717) is 22.7 Å². The number of benzene rings is 1. The van der Waals surface area contributed by atoms with Gasteiger partial charge in [-0.2, -0.15) is 10.4 Å². The van der Waals surface area contributed by atoms with Gasteiger partial charge < -0.3 is 0 Å². The fourth-order valence-electron chi connectivity index (χ4n) is 3.15. The SMILES string of the molecule is Cc1ccsc1C(=O)C(C#N)=Cc1cn(Cc2ccccc2)nc1-c1cccnc1. The van der Waals surface area contributed by atoms with E-state index in [9.17, 15) is 10.1 Å². The number of carbonyl (C=O) groups excluding carboxylic acids is 1. The summed E-state index contributed by atoms with van der Waals surface area (Å²) in [6, 6.07) is 17.7. The van der Waals surface area contributed by atoms with Gasteiger partial charge in [0.15, 0.2) is 0 Å². The van der Waals surface area contributed by atoms with Crippen molar-refractivity contribution in [1.29, 1.82) is 5.26 Å². The third-order valence-corrected chi connectivity index (χ3v) is 5.66. The van der Waals surface area contributed by atoms with E-state index in [-0.39, 0.29) is 11.4 Å². The van der Waals surface area contributed by atoms with Gasteiger partial charge >= 0.3 is 0 Å². The summed E-state index contributed by atoms with van der Waals surface area (Å²) in [7, 11) is 0. The van der Waals surface area contributed by atoms with Gasteiger partial charge in [-0.1, -0.05) is 30.3 Å². The zero-order valence-electron chi connectivity index (χ0n) is 16.3. The number of hydrogen-bond acceptors (Lipinski definition) is 5. The van der Waals surface area contributed by atoms with Crippen LogP contribution in [0.25, 0.3) is 17.3 Å². The first-order chi connectivity index (χ1) is 14.7. The normalized spacial score (nSPS) is 11.3. The van der Waals surface area contributed by atoms with E-state index in [1.54, 1.807) is 18.5 Å². The van der Waals surface area contributed by atoms with Crippen LogP contribution in [0.1, 0.15) is 26.4 Å². The Balaban J connectivity index is 1.77. The maximum absolute atomic E-state index is 12.9. The van der Waals surface area contributed by atoms with Gasteiger partial charge in [-0.05, 0) is 47.7 Å². The van der Waals surface area contributed by atoms with Crippen LogP contribution >= 0.6 is 11.3 Å². The minimum atomic E-state index is -0.266. The van der Waals surface area contributed by atoms with Gasteiger partial charge in [0.25, 0.3) is 0 Å². The number of allylic oxidation sites excluding steroid dienone is 1. The molecule has 0 radical (unpaired) electrons. The molecule has 0 saturated carbocycles. The Morgan fingerprint density at radius 2 is 2.03 bits per heavy atom. The molecule has 0 atom stereocenters. The summed E-state index contributed by atoms with van der Waals surface area (Å²) in [4.78, 5) is 17.7. The van der Waals surface area contributed by atoms with Gasteiger partial charge in [0.2, 0.25) is 5.78 Å². The number of aryl methyl sites for hydroxylation is 1. The summed E-state index contributed by atoms with van der Waals surface area (Å²) in [6.07, 6.45) is 6.91. The standard InChI is InChI=1S/C24H18N4OS/c1-17-9-11-30-24(17)23(29)20(13-25)12-21-16-28(15-18-6-3-2-4-7-18)27-22(21)19-8-5-10-26-14-19/h2-12,14,16H,15H2,1H3. The number of nitriles is 1. The Hall–Kier alpha value is -3.82. The molecule has 4 aromatic rings. The summed E-state index contributed by atoms with van der Waals surface area (Å²) in [5.74, 6) is -0.266. The molecule has 0 spiro atoms. The maximum Gasteiger partial charge on any atom is 0.213 e. The van der Waals surface area contributed by atoms with Crippen LogP contribution in [0.5, 0.6) is 0 Å². The molecule has 0 saturated heterocycles. The molecule has 0 bridgehead atoms. The Kier molecular flexibility index (Phi) is 5.64. The number of rotatable bonds is 6. The fourth-order valence-corrected chi connectivity index (χ4v) is 4.03. The van der Waals surface area contributed by atoms with Crippen molar-refractivity contribution in [3.05, 3.63) is 99.6 Å². The van der Waals surface area contributed by atoms with E-state index < -0.39 is 0 Å². The molecule has 0 unspecified atom stereocenters. The van der Waals surface area contributed by atoms with E-state index in [0.717, 1.165) is 16.7 Å². The Labute approximate surface area is 178 Å². The van der Waals surface area contributed by atoms with Gasteiger partial charge in [-0.25, -0.2) is 0 Å². The number of hydrogen-bond donors (Lipinski definition) is 0. The smallest absolute Gasteiger partial charge is 0.213 e. The molecule has 4 rings (SSSR count). The van der Waals surface area contributed by atoms with Gasteiger partial charge in [0.1, 0.15) is 17.3 Å². The van der Waals surface area contributed by atoms with E-state index in [2.05, 4.69) is 11.1 Å². The van der Waals surface area contributed by atoms with Crippen LogP contribution in [-0.4, -0.2) is 20.5 Å². The summed E-state index contributed by atoms with van der Waals surface area (Å²) in [5.41, 5.74) is 4.29. The van der Waals surface area contributed by atoms with Gasteiger partial charge in [0, 0.05) is 29.7 Å². The Bertz CT molecular complexity index is 1250. The van der Waals surface area contributed by atoms with Crippen LogP contribution < -0.4 is 0 Å². The lowest BCUT2D eigenvalue weighted by molar-refractivity contribution is 0.104. The topological polar surface area (TPSA) is 71.6 Å². The summed E-state index contributed by atoms with van der Waals surface area (Å²) in [5, 5.41) is 16.3. The zero-order chi connectivity index (χ0) is 20.9. The van der Waals surface area contributed by atoms with Crippen molar-refractivity contribution in [3.8, 4) is 17.3 Å². The summed E-state index contributed by atoms with van der Waals surface area (Å²) in [6.45, 7) is 2.46. The second kappa shape index (κ2) is 8.68. The lowest BCUT2D eigenvalue weighted by Gasteiger charge is -2.01. The van der Waals surface area contributed by atoms with Crippen LogP contribution in [0.2, 0.25) is 0 Å². The van der Waals surface area contributed by atoms with Crippen molar-refractivity contribution in [3.63, 3.8) is 0 Å². The number of aromatic nitrogens is 3. The molecular weight excluding hydrogens is 392 g/mol. The first-order valence-electron chi connectivity index (χ1n) is 9.38.